The predicted molar refractivity (Wildman–Crippen MR) is 139 cm³/mol. The van der Waals surface area contributed by atoms with Gasteiger partial charge >= 0.3 is 5.97 Å². The van der Waals surface area contributed by atoms with Crippen LogP contribution in [0.2, 0.25) is 0 Å². The Morgan fingerprint density at radius 1 is 1.02 bits per heavy atom. The molecule has 0 unspecified atom stereocenters. The van der Waals surface area contributed by atoms with E-state index in [2.05, 4.69) is 0 Å². The van der Waals surface area contributed by atoms with E-state index in [-0.39, 0.29) is 38.2 Å². The molecular formula is C29H44O12. The van der Waals surface area contributed by atoms with Gasteiger partial charge in [-0.2, -0.15) is 0 Å². The smallest absolute Gasteiger partial charge is 0.331 e. The third-order valence-electron chi connectivity index (χ3n) is 12.2. The lowest BCUT2D eigenvalue weighted by atomic mass is 9.40. The molecule has 2 aliphatic heterocycles. The highest BCUT2D eigenvalue weighted by molar-refractivity contribution is 5.85. The number of fused-ring (bicyclic) bond motifs is 5. The van der Waals surface area contributed by atoms with Crippen LogP contribution < -0.4 is 0 Å². The topological polar surface area (TPSA) is 207 Å². The highest BCUT2D eigenvalue weighted by atomic mass is 16.7. The highest BCUT2D eigenvalue weighted by Crippen LogP contribution is 2.70. The first kappa shape index (κ1) is 29.9. The van der Waals surface area contributed by atoms with Crippen molar-refractivity contribution in [1.29, 1.82) is 0 Å². The van der Waals surface area contributed by atoms with Gasteiger partial charge in [-0.1, -0.05) is 6.92 Å². The Bertz CT molecular complexity index is 1080. The average molecular weight is 585 g/mol. The summed E-state index contributed by atoms with van der Waals surface area (Å²) in [5.74, 6) is -1.93. The number of esters is 1. The van der Waals surface area contributed by atoms with Gasteiger partial charge in [0.1, 0.15) is 24.9 Å². The highest BCUT2D eigenvalue weighted by Gasteiger charge is 2.75. The van der Waals surface area contributed by atoms with Crippen molar-refractivity contribution in [2.24, 2.45) is 28.6 Å². The fraction of sp³-hybridized carbons (Fsp3) is 0.897. The first-order valence-electron chi connectivity index (χ1n) is 14.9. The predicted octanol–water partition coefficient (Wildman–Crippen LogP) is -1.51. The van der Waals surface area contributed by atoms with Crippen LogP contribution in [0.3, 0.4) is 0 Å². The van der Waals surface area contributed by atoms with Gasteiger partial charge in [0, 0.05) is 30.3 Å². The zero-order chi connectivity index (χ0) is 29.7. The first-order chi connectivity index (χ1) is 19.2. The zero-order valence-electron chi connectivity index (χ0n) is 23.5. The Labute approximate surface area is 238 Å². The minimum Gasteiger partial charge on any atom is -0.458 e. The number of aliphatic hydroxyl groups is 8. The van der Waals surface area contributed by atoms with Gasteiger partial charge in [0.2, 0.25) is 0 Å². The summed E-state index contributed by atoms with van der Waals surface area (Å²) in [7, 11) is 0. The Morgan fingerprint density at radius 3 is 2.41 bits per heavy atom. The summed E-state index contributed by atoms with van der Waals surface area (Å²) in [6, 6.07) is 0. The molecule has 0 aromatic heterocycles. The minimum atomic E-state index is -1.67. The van der Waals surface area contributed by atoms with Crippen LogP contribution in [0.5, 0.6) is 0 Å². The number of carbonyl (C=O) groups is 1. The van der Waals surface area contributed by atoms with Crippen molar-refractivity contribution >= 4 is 5.97 Å². The van der Waals surface area contributed by atoms with Crippen LogP contribution in [0.1, 0.15) is 58.8 Å². The van der Waals surface area contributed by atoms with Gasteiger partial charge in [0.25, 0.3) is 0 Å². The molecule has 1 saturated heterocycles. The molecule has 0 bridgehead atoms. The molecule has 232 valence electrons. The lowest BCUT2D eigenvalue weighted by Crippen LogP contribution is -2.76. The molecule has 0 aromatic rings. The van der Waals surface area contributed by atoms with Crippen LogP contribution in [-0.4, -0.2) is 120 Å². The number of hydrogen-bond donors (Lipinski definition) is 8. The summed E-state index contributed by atoms with van der Waals surface area (Å²) < 4.78 is 16.7. The summed E-state index contributed by atoms with van der Waals surface area (Å²) in [6.45, 7) is 3.00. The molecule has 8 N–H and O–H groups in total. The maximum absolute atomic E-state index is 12.4. The molecule has 4 saturated carbocycles. The van der Waals surface area contributed by atoms with Crippen molar-refractivity contribution in [3.05, 3.63) is 11.6 Å². The standard InChI is InChI=1S/C29H44O12/c1-13-22(34)23(35)24(36)25(40-13)41-15-8-19(32)28(12-30)21-17(3-5-27(28,37)9-15)29(38)6-4-16(14-7-20(33)39-11-14)26(29,2)10-18(21)31/h7,13,15-19,21-25,30-32,34-38H,3-6,8-12H2,1-2H3/t13-,15-,16-,17+,18+,19+,21+,22-,23-,24-,25+,26+,27-,28+,29-/m0/s1. The van der Waals surface area contributed by atoms with Crippen LogP contribution in [0.4, 0.5) is 0 Å². The van der Waals surface area contributed by atoms with Gasteiger partial charge in [-0.05, 0) is 56.4 Å². The molecule has 12 nitrogen and oxygen atoms in total. The van der Waals surface area contributed by atoms with Crippen molar-refractivity contribution in [2.75, 3.05) is 13.2 Å². The molecule has 6 rings (SSSR count). The van der Waals surface area contributed by atoms with Crippen LogP contribution in [0.25, 0.3) is 0 Å². The van der Waals surface area contributed by atoms with Crippen LogP contribution in [0, 0.1) is 28.6 Å². The lowest BCUT2D eigenvalue weighted by molar-refractivity contribution is -0.342. The second-order valence-electron chi connectivity index (χ2n) is 13.8. The third kappa shape index (κ3) is 3.99. The van der Waals surface area contributed by atoms with E-state index in [1.165, 1.54) is 13.0 Å². The second-order valence-corrected chi connectivity index (χ2v) is 13.8. The van der Waals surface area contributed by atoms with Crippen molar-refractivity contribution in [3.8, 4) is 0 Å². The molecule has 15 atom stereocenters. The molecule has 0 radical (unpaired) electrons. The largest absolute Gasteiger partial charge is 0.458 e. The number of carbonyl (C=O) groups excluding carboxylic acids is 1. The van der Waals surface area contributed by atoms with E-state index in [4.69, 9.17) is 14.2 Å². The van der Waals surface area contributed by atoms with E-state index in [0.29, 0.717) is 19.3 Å². The Balaban J connectivity index is 1.28. The molecule has 12 heteroatoms. The van der Waals surface area contributed by atoms with E-state index in [9.17, 15) is 45.6 Å². The van der Waals surface area contributed by atoms with Gasteiger partial charge in [-0.3, -0.25) is 0 Å². The van der Waals surface area contributed by atoms with E-state index in [1.807, 2.05) is 6.92 Å². The Kier molecular flexibility index (Phi) is 7.22. The fourth-order valence-corrected chi connectivity index (χ4v) is 10.1. The molecule has 0 spiro atoms. The fourth-order valence-electron chi connectivity index (χ4n) is 10.1. The van der Waals surface area contributed by atoms with E-state index < -0.39 is 95.5 Å². The Hall–Kier alpha value is -1.19. The van der Waals surface area contributed by atoms with Crippen LogP contribution in [0.15, 0.2) is 11.6 Å². The SMILES string of the molecule is C[C@@H]1O[C@H](O[C@H]2C[C@@H](O)[C@]3(CO)[C@H]4[C@H](O)C[C@]5(C)[C@H](C6=CC(=O)OC6)CC[C@]5(O)[C@@H]4CC[C@]3(O)C2)[C@@H](O)[C@@H](O)[C@H]1O. The zero-order valence-corrected chi connectivity index (χ0v) is 23.5. The average Bonchev–Trinajstić information content (AvgIpc) is 3.45. The summed E-state index contributed by atoms with van der Waals surface area (Å²) in [6.07, 6.45) is -6.68. The van der Waals surface area contributed by atoms with Gasteiger partial charge < -0.3 is 55.1 Å². The van der Waals surface area contributed by atoms with Gasteiger partial charge in [0.15, 0.2) is 6.29 Å². The number of aliphatic hydroxyl groups excluding tert-OH is 6. The van der Waals surface area contributed by atoms with Crippen LogP contribution in [-0.2, 0) is 19.0 Å². The molecule has 4 aliphatic carbocycles. The summed E-state index contributed by atoms with van der Waals surface area (Å²) in [4.78, 5) is 11.8. The van der Waals surface area contributed by atoms with Crippen molar-refractivity contribution in [1.82, 2.24) is 0 Å². The van der Waals surface area contributed by atoms with Gasteiger partial charge in [-0.15, -0.1) is 0 Å². The molecule has 6 aliphatic rings. The molecule has 41 heavy (non-hydrogen) atoms. The molecule has 0 amide bonds. The number of cyclic esters (lactones) is 1. The van der Waals surface area contributed by atoms with Crippen LogP contribution >= 0.6 is 0 Å². The Morgan fingerprint density at radius 2 is 1.76 bits per heavy atom. The molecule has 2 heterocycles. The first-order valence-corrected chi connectivity index (χ1v) is 14.9. The van der Waals surface area contributed by atoms with Gasteiger partial charge in [-0.25, -0.2) is 4.79 Å². The maximum Gasteiger partial charge on any atom is 0.331 e. The monoisotopic (exact) mass is 584 g/mol. The summed E-state index contributed by atoms with van der Waals surface area (Å²) in [5, 5.41) is 89.6. The van der Waals surface area contributed by atoms with E-state index >= 15 is 0 Å². The van der Waals surface area contributed by atoms with E-state index in [1.54, 1.807) is 0 Å². The van der Waals surface area contributed by atoms with Crippen molar-refractivity contribution in [2.45, 2.75) is 119 Å². The van der Waals surface area contributed by atoms with Crippen molar-refractivity contribution < 1.29 is 59.9 Å². The molecular weight excluding hydrogens is 540 g/mol. The minimum absolute atomic E-state index is 0.0369. The summed E-state index contributed by atoms with van der Waals surface area (Å²) in [5.41, 5.74) is -4.46. The quantitative estimate of drug-likeness (QED) is 0.140. The number of rotatable bonds is 4. The normalized spacial score (nSPS) is 56.9. The third-order valence-corrected chi connectivity index (χ3v) is 12.2. The number of hydrogen-bond acceptors (Lipinski definition) is 12. The second kappa shape index (κ2) is 9.91. The lowest BCUT2D eigenvalue weighted by Gasteiger charge is -2.68. The molecule has 0 aromatic carbocycles. The van der Waals surface area contributed by atoms with Gasteiger partial charge in [0.05, 0.1) is 47.6 Å². The number of ether oxygens (including phenoxy) is 3. The molecule has 5 fully saturated rings. The van der Waals surface area contributed by atoms with E-state index in [0.717, 1.165) is 5.57 Å². The van der Waals surface area contributed by atoms with Crippen molar-refractivity contribution in [3.63, 3.8) is 0 Å². The summed E-state index contributed by atoms with van der Waals surface area (Å²) >= 11 is 0. The maximum atomic E-state index is 12.4.